The second-order valence-electron chi connectivity index (χ2n) is 5.12. The zero-order chi connectivity index (χ0) is 19.0. The molecule has 3 N–H and O–H groups in total. The van der Waals surface area contributed by atoms with Crippen LogP contribution in [0.25, 0.3) is 0 Å². The predicted octanol–water partition coefficient (Wildman–Crippen LogP) is 4.54. The minimum Gasteiger partial charge on any atom is -0.494 e. The molecule has 0 saturated carbocycles. The van der Waals surface area contributed by atoms with Crippen molar-refractivity contribution in [3.8, 4) is 11.5 Å². The summed E-state index contributed by atoms with van der Waals surface area (Å²) in [6, 6.07) is 10.8. The van der Waals surface area contributed by atoms with Crippen molar-refractivity contribution in [1.82, 2.24) is 0 Å². The lowest BCUT2D eigenvalue weighted by molar-refractivity contribution is -0.274. The molecule has 0 aliphatic carbocycles. The van der Waals surface area contributed by atoms with E-state index in [0.717, 1.165) is 0 Å². The topological polar surface area (TPSA) is 68.9 Å². The summed E-state index contributed by atoms with van der Waals surface area (Å²) < 4.78 is 58.2. The van der Waals surface area contributed by atoms with Gasteiger partial charge in [-0.3, -0.25) is 4.99 Å². The molecular formula is C17H18F4IN3O2. The van der Waals surface area contributed by atoms with Gasteiger partial charge < -0.3 is 20.5 Å². The van der Waals surface area contributed by atoms with Crippen LogP contribution >= 0.6 is 24.0 Å². The van der Waals surface area contributed by atoms with E-state index in [1.54, 1.807) is 0 Å². The molecule has 0 amide bonds. The number of nitrogens with zero attached hydrogens (tertiary/aromatic N) is 1. The van der Waals surface area contributed by atoms with Gasteiger partial charge in [0, 0.05) is 18.7 Å². The number of hydrogen-bond donors (Lipinski definition) is 2. The molecule has 0 aliphatic heterocycles. The van der Waals surface area contributed by atoms with Gasteiger partial charge in [-0.2, -0.15) is 0 Å². The molecule has 0 aliphatic rings. The largest absolute Gasteiger partial charge is 0.573 e. The summed E-state index contributed by atoms with van der Waals surface area (Å²) in [5.41, 5.74) is 6.18. The van der Waals surface area contributed by atoms with Crippen molar-refractivity contribution in [2.24, 2.45) is 10.7 Å². The smallest absolute Gasteiger partial charge is 0.494 e. The summed E-state index contributed by atoms with van der Waals surface area (Å²) in [6.07, 6.45) is -4.15. The van der Waals surface area contributed by atoms with Gasteiger partial charge >= 0.3 is 6.36 Å². The van der Waals surface area contributed by atoms with Crippen LogP contribution in [0.15, 0.2) is 53.5 Å². The first-order valence-electron chi connectivity index (χ1n) is 7.63. The molecule has 0 aromatic heterocycles. The predicted molar refractivity (Wildman–Crippen MR) is 105 cm³/mol. The highest BCUT2D eigenvalue weighted by Gasteiger charge is 2.30. The van der Waals surface area contributed by atoms with E-state index < -0.39 is 6.36 Å². The number of rotatable bonds is 7. The number of halogens is 5. The molecule has 27 heavy (non-hydrogen) atoms. The van der Waals surface area contributed by atoms with Crippen molar-refractivity contribution in [2.75, 3.05) is 18.5 Å². The van der Waals surface area contributed by atoms with Gasteiger partial charge in [0.05, 0.1) is 6.61 Å². The van der Waals surface area contributed by atoms with Crippen LogP contribution in [0.5, 0.6) is 11.5 Å². The first-order chi connectivity index (χ1) is 12.3. The number of hydrogen-bond acceptors (Lipinski definition) is 3. The molecule has 2 aromatic rings. The SMILES string of the molecule is I.NC(=NCCCOc1ccc(F)cc1)Nc1ccc(OC(F)(F)F)cc1. The third kappa shape index (κ3) is 9.31. The van der Waals surface area contributed by atoms with Gasteiger partial charge in [-0.25, -0.2) is 4.39 Å². The Morgan fingerprint density at radius 2 is 1.59 bits per heavy atom. The standard InChI is InChI=1S/C17H17F4N3O2.HI/c18-12-2-6-14(7-3-12)25-11-1-10-23-16(22)24-13-4-8-15(9-5-13)26-17(19,20)21;/h2-9H,1,10-11H2,(H3,22,23,24);1H. The summed E-state index contributed by atoms with van der Waals surface area (Å²) in [4.78, 5) is 4.08. The van der Waals surface area contributed by atoms with Gasteiger partial charge in [-0.15, -0.1) is 37.1 Å². The molecule has 2 aromatic carbocycles. The average Bonchev–Trinajstić information content (AvgIpc) is 2.57. The highest BCUT2D eigenvalue weighted by molar-refractivity contribution is 14.0. The number of anilines is 1. The fourth-order valence-electron chi connectivity index (χ4n) is 1.91. The van der Waals surface area contributed by atoms with E-state index in [1.165, 1.54) is 48.5 Å². The van der Waals surface area contributed by atoms with Crippen molar-refractivity contribution in [2.45, 2.75) is 12.8 Å². The number of ether oxygens (including phenoxy) is 2. The molecule has 10 heteroatoms. The Morgan fingerprint density at radius 3 is 2.19 bits per heavy atom. The Balaban J connectivity index is 0.00000364. The lowest BCUT2D eigenvalue weighted by atomic mass is 10.3. The normalized spacial score (nSPS) is 11.5. The third-order valence-electron chi connectivity index (χ3n) is 3.03. The first-order valence-corrected chi connectivity index (χ1v) is 7.63. The van der Waals surface area contributed by atoms with E-state index in [1.807, 2.05) is 0 Å². The number of nitrogens with one attached hydrogen (secondary N) is 1. The molecule has 0 bridgehead atoms. The average molecular weight is 499 g/mol. The van der Waals surface area contributed by atoms with E-state index in [4.69, 9.17) is 10.5 Å². The summed E-state index contributed by atoms with van der Waals surface area (Å²) in [5.74, 6) is 0.0224. The molecule has 0 saturated heterocycles. The Labute approximate surface area is 170 Å². The van der Waals surface area contributed by atoms with Gasteiger partial charge in [0.15, 0.2) is 5.96 Å². The Bertz CT molecular complexity index is 722. The molecule has 148 valence electrons. The van der Waals surface area contributed by atoms with E-state index in [2.05, 4.69) is 15.0 Å². The van der Waals surface area contributed by atoms with Crippen LogP contribution in [0.2, 0.25) is 0 Å². The third-order valence-corrected chi connectivity index (χ3v) is 3.03. The summed E-state index contributed by atoms with van der Waals surface area (Å²) >= 11 is 0. The van der Waals surface area contributed by atoms with E-state index in [-0.39, 0.29) is 41.5 Å². The minimum absolute atomic E-state index is 0. The highest BCUT2D eigenvalue weighted by atomic mass is 127. The molecule has 0 fully saturated rings. The van der Waals surface area contributed by atoms with Gasteiger partial charge in [0.25, 0.3) is 0 Å². The molecule has 0 atom stereocenters. The van der Waals surface area contributed by atoms with Gasteiger partial charge in [-0.05, 0) is 48.5 Å². The number of aliphatic imine (C=N–C) groups is 1. The van der Waals surface area contributed by atoms with Crippen molar-refractivity contribution in [1.29, 1.82) is 0 Å². The van der Waals surface area contributed by atoms with Crippen LogP contribution in [-0.4, -0.2) is 25.5 Å². The van der Waals surface area contributed by atoms with E-state index in [9.17, 15) is 17.6 Å². The maximum Gasteiger partial charge on any atom is 0.573 e. The minimum atomic E-state index is -4.73. The first kappa shape index (κ1) is 22.8. The van der Waals surface area contributed by atoms with Crippen LogP contribution in [0.4, 0.5) is 23.2 Å². The van der Waals surface area contributed by atoms with Crippen molar-refractivity contribution in [3.05, 3.63) is 54.3 Å². The van der Waals surface area contributed by atoms with E-state index >= 15 is 0 Å². The van der Waals surface area contributed by atoms with Crippen LogP contribution in [0.3, 0.4) is 0 Å². The lowest BCUT2D eigenvalue weighted by Crippen LogP contribution is -2.23. The highest BCUT2D eigenvalue weighted by Crippen LogP contribution is 2.23. The Kier molecular flexibility index (Phi) is 9.12. The summed E-state index contributed by atoms with van der Waals surface area (Å²) in [6.45, 7) is 0.765. The number of alkyl halides is 3. The Hall–Kier alpha value is -2.24. The molecule has 5 nitrogen and oxygen atoms in total. The molecule has 2 rings (SSSR count). The maximum absolute atomic E-state index is 12.7. The maximum atomic E-state index is 12.7. The number of guanidine groups is 1. The van der Waals surface area contributed by atoms with Crippen molar-refractivity contribution < 1.29 is 27.0 Å². The zero-order valence-corrected chi connectivity index (χ0v) is 16.3. The summed E-state index contributed by atoms with van der Waals surface area (Å²) in [7, 11) is 0. The molecule has 0 unspecified atom stereocenters. The van der Waals surface area contributed by atoms with Crippen molar-refractivity contribution >= 4 is 35.6 Å². The second-order valence-corrected chi connectivity index (χ2v) is 5.12. The van der Waals surface area contributed by atoms with Crippen LogP contribution in [0, 0.1) is 5.82 Å². The fourth-order valence-corrected chi connectivity index (χ4v) is 1.91. The lowest BCUT2D eigenvalue weighted by Gasteiger charge is -2.10. The molecule has 0 spiro atoms. The quantitative estimate of drug-likeness (QED) is 0.193. The van der Waals surface area contributed by atoms with Gasteiger partial charge in [0.1, 0.15) is 17.3 Å². The van der Waals surface area contributed by atoms with Crippen LogP contribution in [0.1, 0.15) is 6.42 Å². The van der Waals surface area contributed by atoms with Gasteiger partial charge in [-0.1, -0.05) is 0 Å². The molecule has 0 radical (unpaired) electrons. The second kappa shape index (κ2) is 10.8. The number of nitrogens with two attached hydrogens (primary N) is 1. The van der Waals surface area contributed by atoms with Crippen molar-refractivity contribution in [3.63, 3.8) is 0 Å². The molecule has 0 heterocycles. The monoisotopic (exact) mass is 499 g/mol. The number of benzene rings is 2. The molecular weight excluding hydrogens is 481 g/mol. The Morgan fingerprint density at radius 1 is 1.00 bits per heavy atom. The fraction of sp³-hybridized carbons (Fsp3) is 0.235. The van der Waals surface area contributed by atoms with Crippen LogP contribution < -0.4 is 20.5 Å². The van der Waals surface area contributed by atoms with E-state index in [0.29, 0.717) is 31.0 Å². The van der Waals surface area contributed by atoms with Gasteiger partial charge in [0.2, 0.25) is 0 Å². The summed E-state index contributed by atoms with van der Waals surface area (Å²) in [5, 5.41) is 2.76. The zero-order valence-electron chi connectivity index (χ0n) is 14.0. The van der Waals surface area contributed by atoms with Crippen LogP contribution in [-0.2, 0) is 0 Å².